The van der Waals surface area contributed by atoms with E-state index in [1.165, 1.54) is 19.3 Å². The van der Waals surface area contributed by atoms with Crippen LogP contribution in [0, 0.1) is 5.92 Å². The van der Waals surface area contributed by atoms with Crippen molar-refractivity contribution in [1.82, 2.24) is 4.90 Å². The molecule has 3 nitrogen and oxygen atoms in total. The van der Waals surface area contributed by atoms with Crippen molar-refractivity contribution < 1.29 is 9.90 Å². The first-order valence-corrected chi connectivity index (χ1v) is 5.08. The van der Waals surface area contributed by atoms with Crippen molar-refractivity contribution in [2.24, 2.45) is 5.92 Å². The van der Waals surface area contributed by atoms with Crippen LogP contribution in [-0.2, 0) is 4.79 Å². The fourth-order valence-corrected chi connectivity index (χ4v) is 2.10. The smallest absolute Gasteiger partial charge is 0.320 e. The molecule has 0 radical (unpaired) electrons. The summed E-state index contributed by atoms with van der Waals surface area (Å²) in [5.74, 6) is -0.0625. The Kier molecular flexibility index (Phi) is 3.72. The van der Waals surface area contributed by atoms with Crippen LogP contribution in [0.5, 0.6) is 0 Å². The number of carboxylic acid groups (broad SMARTS) is 1. The van der Waals surface area contributed by atoms with Crippen LogP contribution in [-0.4, -0.2) is 35.6 Å². The molecule has 0 aliphatic carbocycles. The molecule has 1 aliphatic rings. The highest BCUT2D eigenvalue weighted by Crippen LogP contribution is 2.25. The molecule has 0 aromatic rings. The van der Waals surface area contributed by atoms with Gasteiger partial charge in [-0.15, -0.1) is 0 Å². The second-order valence-electron chi connectivity index (χ2n) is 4.04. The Morgan fingerprint density at radius 3 is 2.77 bits per heavy atom. The van der Waals surface area contributed by atoms with Gasteiger partial charge in [-0.3, -0.25) is 9.69 Å². The predicted octanol–water partition coefficient (Wildman–Crippen LogP) is 1.58. The van der Waals surface area contributed by atoms with Crippen molar-refractivity contribution >= 4 is 5.97 Å². The maximum Gasteiger partial charge on any atom is 0.320 e. The molecule has 1 saturated heterocycles. The minimum atomic E-state index is -0.665. The average Bonchev–Trinajstić information content (AvgIpc) is 2.43. The molecule has 3 heteroatoms. The molecule has 1 N–H and O–H groups in total. The van der Waals surface area contributed by atoms with E-state index < -0.39 is 5.97 Å². The summed E-state index contributed by atoms with van der Waals surface area (Å²) in [5.41, 5.74) is 0. The molecular weight excluding hydrogens is 166 g/mol. The van der Waals surface area contributed by atoms with Gasteiger partial charge < -0.3 is 5.11 Å². The number of likely N-dealkylation sites (tertiary alicyclic amines) is 1. The molecular formula is C10H19NO2. The number of aliphatic carboxylic acids is 1. The zero-order chi connectivity index (χ0) is 9.84. The number of likely N-dealkylation sites (N-methyl/N-ethyl adjacent to an activating group) is 1. The van der Waals surface area contributed by atoms with E-state index in [4.69, 9.17) is 5.11 Å². The van der Waals surface area contributed by atoms with Crippen LogP contribution in [0.3, 0.4) is 0 Å². The number of unbranched alkanes of at least 4 members (excludes halogenated alkanes) is 1. The van der Waals surface area contributed by atoms with Gasteiger partial charge in [-0.1, -0.05) is 19.8 Å². The zero-order valence-corrected chi connectivity index (χ0v) is 8.49. The van der Waals surface area contributed by atoms with Crippen LogP contribution in [0.25, 0.3) is 0 Å². The predicted molar refractivity (Wildman–Crippen MR) is 51.7 cm³/mol. The molecule has 1 fully saturated rings. The van der Waals surface area contributed by atoms with E-state index in [2.05, 4.69) is 6.92 Å². The third kappa shape index (κ3) is 2.69. The minimum absolute atomic E-state index is 0.234. The number of carboxylic acids is 1. The summed E-state index contributed by atoms with van der Waals surface area (Å²) < 4.78 is 0. The van der Waals surface area contributed by atoms with Crippen molar-refractivity contribution in [3.05, 3.63) is 0 Å². The Morgan fingerprint density at radius 1 is 1.62 bits per heavy atom. The number of rotatable bonds is 4. The highest BCUT2D eigenvalue weighted by Gasteiger charge is 2.33. The molecule has 1 heterocycles. The van der Waals surface area contributed by atoms with Crippen LogP contribution in [0.15, 0.2) is 0 Å². The maximum atomic E-state index is 10.8. The molecule has 0 bridgehead atoms. The molecule has 1 rings (SSSR count). The standard InChI is InChI=1S/C10H19NO2/c1-3-4-5-8-6-9(10(12)13)11(2)7-8/h8-9H,3-7H2,1-2H3,(H,12,13). The molecule has 0 saturated carbocycles. The molecule has 0 amide bonds. The molecule has 0 spiro atoms. The lowest BCUT2D eigenvalue weighted by molar-refractivity contribution is -0.141. The number of hydrogen-bond donors (Lipinski definition) is 1. The molecule has 0 aromatic heterocycles. The number of hydrogen-bond acceptors (Lipinski definition) is 2. The fraction of sp³-hybridized carbons (Fsp3) is 0.900. The molecule has 2 atom stereocenters. The fourth-order valence-electron chi connectivity index (χ4n) is 2.10. The summed E-state index contributed by atoms with van der Waals surface area (Å²) in [6, 6.07) is -0.234. The van der Waals surface area contributed by atoms with Gasteiger partial charge in [0.25, 0.3) is 0 Å². The first kappa shape index (κ1) is 10.5. The lowest BCUT2D eigenvalue weighted by Gasteiger charge is -2.13. The van der Waals surface area contributed by atoms with E-state index in [9.17, 15) is 4.79 Å². The van der Waals surface area contributed by atoms with Crippen molar-refractivity contribution in [3.8, 4) is 0 Å². The van der Waals surface area contributed by atoms with Crippen molar-refractivity contribution in [2.45, 2.75) is 38.6 Å². The van der Waals surface area contributed by atoms with Crippen LogP contribution < -0.4 is 0 Å². The second-order valence-corrected chi connectivity index (χ2v) is 4.04. The Labute approximate surface area is 79.7 Å². The van der Waals surface area contributed by atoms with Crippen LogP contribution in [0.2, 0.25) is 0 Å². The van der Waals surface area contributed by atoms with Crippen molar-refractivity contribution in [3.63, 3.8) is 0 Å². The lowest BCUT2D eigenvalue weighted by Crippen LogP contribution is -2.32. The third-order valence-corrected chi connectivity index (χ3v) is 2.89. The highest BCUT2D eigenvalue weighted by molar-refractivity contribution is 5.73. The van der Waals surface area contributed by atoms with Crippen LogP contribution >= 0.6 is 0 Å². The molecule has 2 unspecified atom stereocenters. The summed E-state index contributed by atoms with van der Waals surface area (Å²) >= 11 is 0. The summed E-state index contributed by atoms with van der Waals surface area (Å²) in [7, 11) is 1.91. The van der Waals surface area contributed by atoms with Gasteiger partial charge in [0.2, 0.25) is 0 Å². The Balaban J connectivity index is 2.36. The van der Waals surface area contributed by atoms with Crippen molar-refractivity contribution in [2.75, 3.05) is 13.6 Å². The van der Waals surface area contributed by atoms with Crippen LogP contribution in [0.4, 0.5) is 0 Å². The lowest BCUT2D eigenvalue weighted by atomic mass is 9.99. The number of nitrogens with zero attached hydrogens (tertiary/aromatic N) is 1. The van der Waals surface area contributed by atoms with Gasteiger partial charge in [-0.2, -0.15) is 0 Å². The topological polar surface area (TPSA) is 40.5 Å². The quantitative estimate of drug-likeness (QED) is 0.723. The summed E-state index contributed by atoms with van der Waals surface area (Å²) in [6.07, 6.45) is 4.46. The Morgan fingerprint density at radius 2 is 2.31 bits per heavy atom. The third-order valence-electron chi connectivity index (χ3n) is 2.89. The first-order valence-electron chi connectivity index (χ1n) is 5.08. The molecule has 76 valence electrons. The normalized spacial score (nSPS) is 29.4. The van der Waals surface area contributed by atoms with Gasteiger partial charge in [-0.05, 0) is 25.8 Å². The van der Waals surface area contributed by atoms with E-state index in [0.717, 1.165) is 13.0 Å². The monoisotopic (exact) mass is 185 g/mol. The number of carbonyl (C=O) groups is 1. The molecule has 1 aliphatic heterocycles. The molecule has 13 heavy (non-hydrogen) atoms. The van der Waals surface area contributed by atoms with E-state index in [0.29, 0.717) is 5.92 Å². The van der Waals surface area contributed by atoms with Gasteiger partial charge in [0.05, 0.1) is 0 Å². The zero-order valence-electron chi connectivity index (χ0n) is 8.49. The van der Waals surface area contributed by atoms with Crippen LogP contribution in [0.1, 0.15) is 32.6 Å². The van der Waals surface area contributed by atoms with Crippen molar-refractivity contribution in [1.29, 1.82) is 0 Å². The van der Waals surface area contributed by atoms with Gasteiger partial charge in [-0.25, -0.2) is 0 Å². The SMILES string of the molecule is CCCCC1CC(C(=O)O)N(C)C1. The minimum Gasteiger partial charge on any atom is -0.480 e. The van der Waals surface area contributed by atoms with Gasteiger partial charge >= 0.3 is 5.97 Å². The maximum absolute atomic E-state index is 10.8. The van der Waals surface area contributed by atoms with Gasteiger partial charge in [0.1, 0.15) is 6.04 Å². The van der Waals surface area contributed by atoms with E-state index >= 15 is 0 Å². The average molecular weight is 185 g/mol. The largest absolute Gasteiger partial charge is 0.480 e. The van der Waals surface area contributed by atoms with Gasteiger partial charge in [0, 0.05) is 6.54 Å². The van der Waals surface area contributed by atoms with E-state index in [1.807, 2.05) is 11.9 Å². The van der Waals surface area contributed by atoms with E-state index in [1.54, 1.807) is 0 Å². The summed E-state index contributed by atoms with van der Waals surface area (Å²) in [5, 5.41) is 8.89. The summed E-state index contributed by atoms with van der Waals surface area (Å²) in [6.45, 7) is 3.13. The first-order chi connectivity index (χ1) is 6.15. The highest BCUT2D eigenvalue weighted by atomic mass is 16.4. The Hall–Kier alpha value is -0.570. The van der Waals surface area contributed by atoms with Gasteiger partial charge in [0.15, 0.2) is 0 Å². The second kappa shape index (κ2) is 4.61. The Bertz CT molecular complexity index is 182. The summed E-state index contributed by atoms with van der Waals surface area (Å²) in [4.78, 5) is 12.8. The molecule has 0 aromatic carbocycles. The van der Waals surface area contributed by atoms with E-state index in [-0.39, 0.29) is 6.04 Å².